The maximum absolute atomic E-state index is 12.7. The van der Waals surface area contributed by atoms with E-state index in [4.69, 9.17) is 4.74 Å². The first-order chi connectivity index (χ1) is 20.7. The van der Waals surface area contributed by atoms with Gasteiger partial charge in [-0.1, -0.05) is 30.3 Å². The summed E-state index contributed by atoms with van der Waals surface area (Å²) in [4.78, 5) is 58.1. The number of hydrogen-bond acceptors (Lipinski definition) is 9. The van der Waals surface area contributed by atoms with E-state index in [2.05, 4.69) is 15.8 Å². The SMILES string of the molecule is O=C(/C=C/c1cccc([N+](=O)[O-])c1)Oc1ccccc1C=NNC(=O)c1cccc(NC(=O)c2ccc([N+](=O)[O-])cc2)c1. The normalized spacial score (nSPS) is 10.8. The number of nitro benzene ring substituents is 2. The van der Waals surface area contributed by atoms with Crippen molar-refractivity contribution < 1.29 is 29.0 Å². The van der Waals surface area contributed by atoms with Gasteiger partial charge >= 0.3 is 5.97 Å². The highest BCUT2D eigenvalue weighted by Gasteiger charge is 2.12. The number of non-ortho nitro benzene ring substituents is 2. The van der Waals surface area contributed by atoms with Crippen molar-refractivity contribution in [2.75, 3.05) is 5.32 Å². The predicted octanol–water partition coefficient (Wildman–Crippen LogP) is 5.14. The number of ether oxygens (including phenoxy) is 1. The summed E-state index contributed by atoms with van der Waals surface area (Å²) in [7, 11) is 0. The molecular weight excluding hydrogens is 558 g/mol. The van der Waals surface area contributed by atoms with E-state index in [0.29, 0.717) is 16.8 Å². The van der Waals surface area contributed by atoms with Gasteiger partial charge in [0.1, 0.15) is 5.75 Å². The molecule has 4 rings (SSSR count). The Balaban J connectivity index is 1.36. The number of benzene rings is 4. The van der Waals surface area contributed by atoms with Gasteiger partial charge in [-0.3, -0.25) is 29.8 Å². The maximum atomic E-state index is 12.7. The number of esters is 1. The van der Waals surface area contributed by atoms with Crippen LogP contribution in [0.5, 0.6) is 5.75 Å². The average molecular weight is 580 g/mol. The fourth-order valence-corrected chi connectivity index (χ4v) is 3.63. The van der Waals surface area contributed by atoms with Crippen LogP contribution in [0.3, 0.4) is 0 Å². The van der Waals surface area contributed by atoms with Crippen LogP contribution >= 0.6 is 0 Å². The molecule has 43 heavy (non-hydrogen) atoms. The van der Waals surface area contributed by atoms with Gasteiger partial charge in [-0.05, 0) is 54.1 Å². The van der Waals surface area contributed by atoms with Crippen molar-refractivity contribution in [3.8, 4) is 5.75 Å². The van der Waals surface area contributed by atoms with Crippen molar-refractivity contribution in [2.45, 2.75) is 0 Å². The van der Waals surface area contributed by atoms with E-state index < -0.39 is 27.6 Å². The van der Waals surface area contributed by atoms with Crippen molar-refractivity contribution in [3.05, 3.63) is 146 Å². The number of anilines is 1. The zero-order valence-corrected chi connectivity index (χ0v) is 22.1. The maximum Gasteiger partial charge on any atom is 0.336 e. The summed E-state index contributed by atoms with van der Waals surface area (Å²) in [5, 5.41) is 28.3. The number of nitrogens with one attached hydrogen (secondary N) is 2. The van der Waals surface area contributed by atoms with Crippen LogP contribution in [0.2, 0.25) is 0 Å². The molecule has 0 heterocycles. The van der Waals surface area contributed by atoms with Crippen molar-refractivity contribution in [1.29, 1.82) is 0 Å². The van der Waals surface area contributed by atoms with E-state index in [1.54, 1.807) is 36.4 Å². The van der Waals surface area contributed by atoms with Gasteiger partial charge in [-0.2, -0.15) is 5.10 Å². The Hall–Kier alpha value is -6.50. The van der Waals surface area contributed by atoms with E-state index >= 15 is 0 Å². The first-order valence-electron chi connectivity index (χ1n) is 12.4. The molecule has 0 aliphatic heterocycles. The number of carbonyl (C=O) groups is 3. The zero-order chi connectivity index (χ0) is 30.8. The third-order valence-electron chi connectivity index (χ3n) is 5.72. The Bertz CT molecular complexity index is 1770. The molecule has 0 aliphatic carbocycles. The Morgan fingerprint density at radius 3 is 2.21 bits per heavy atom. The molecule has 0 saturated heterocycles. The molecule has 2 N–H and O–H groups in total. The van der Waals surface area contributed by atoms with Crippen LogP contribution in [0, 0.1) is 20.2 Å². The minimum absolute atomic E-state index is 0.113. The highest BCUT2D eigenvalue weighted by molar-refractivity contribution is 6.05. The number of amides is 2. The standard InChI is InChI=1S/C30H21N5O8/c36-28(16-11-20-5-3-9-26(17-20)35(41)42)43-27-10-2-1-6-23(27)19-31-33-30(38)22-7-4-8-24(18-22)32-29(37)21-12-14-25(15-13-21)34(39)40/h1-19H,(H,32,37)(H,33,38)/b16-11+,31-19?. The summed E-state index contributed by atoms with van der Waals surface area (Å²) >= 11 is 0. The molecule has 2 amide bonds. The third-order valence-corrected chi connectivity index (χ3v) is 5.72. The summed E-state index contributed by atoms with van der Waals surface area (Å²) in [6, 6.07) is 23.3. The van der Waals surface area contributed by atoms with Crippen LogP contribution in [-0.4, -0.2) is 33.8 Å². The molecule has 0 aromatic heterocycles. The van der Waals surface area contributed by atoms with Crippen LogP contribution < -0.4 is 15.5 Å². The number of hydrogen-bond donors (Lipinski definition) is 2. The molecule has 0 atom stereocenters. The van der Waals surface area contributed by atoms with Crippen molar-refractivity contribution in [2.24, 2.45) is 5.10 Å². The molecule has 0 aliphatic rings. The number of nitrogens with zero attached hydrogens (tertiary/aromatic N) is 3. The van der Waals surface area contributed by atoms with Crippen LogP contribution in [0.25, 0.3) is 6.08 Å². The molecule has 13 heteroatoms. The van der Waals surface area contributed by atoms with Gasteiger partial charge in [0.2, 0.25) is 0 Å². The van der Waals surface area contributed by atoms with Crippen LogP contribution in [0.15, 0.2) is 108 Å². The predicted molar refractivity (Wildman–Crippen MR) is 157 cm³/mol. The summed E-state index contributed by atoms with van der Waals surface area (Å²) in [5.74, 6) is -1.68. The van der Waals surface area contributed by atoms with Gasteiger partial charge in [0.15, 0.2) is 0 Å². The fraction of sp³-hybridized carbons (Fsp3) is 0. The van der Waals surface area contributed by atoms with Gasteiger partial charge in [-0.25, -0.2) is 10.2 Å². The number of para-hydroxylation sites is 1. The largest absolute Gasteiger partial charge is 0.423 e. The number of rotatable bonds is 10. The zero-order valence-electron chi connectivity index (χ0n) is 22.1. The lowest BCUT2D eigenvalue weighted by Gasteiger charge is -2.07. The molecule has 4 aromatic rings. The van der Waals surface area contributed by atoms with Crippen molar-refractivity contribution in [1.82, 2.24) is 5.43 Å². The molecular formula is C30H21N5O8. The lowest BCUT2D eigenvalue weighted by molar-refractivity contribution is -0.385. The molecule has 214 valence electrons. The minimum atomic E-state index is -0.732. The highest BCUT2D eigenvalue weighted by atomic mass is 16.6. The number of carbonyl (C=O) groups excluding carboxylic acids is 3. The van der Waals surface area contributed by atoms with Crippen LogP contribution in [0.1, 0.15) is 31.8 Å². The average Bonchev–Trinajstić information content (AvgIpc) is 3.01. The monoisotopic (exact) mass is 579 g/mol. The van der Waals surface area contributed by atoms with Crippen LogP contribution in [-0.2, 0) is 4.79 Å². The summed E-state index contributed by atoms with van der Waals surface area (Å²) in [6.07, 6.45) is 3.79. The Labute approximate surface area is 243 Å². The second-order valence-electron chi connectivity index (χ2n) is 8.68. The van der Waals surface area contributed by atoms with E-state index in [1.807, 2.05) is 0 Å². The number of nitro groups is 2. The quantitative estimate of drug-likeness (QED) is 0.0646. The molecule has 0 saturated carbocycles. The highest BCUT2D eigenvalue weighted by Crippen LogP contribution is 2.18. The lowest BCUT2D eigenvalue weighted by Crippen LogP contribution is -2.18. The topological polar surface area (TPSA) is 183 Å². The summed E-state index contributed by atoms with van der Waals surface area (Å²) < 4.78 is 5.36. The van der Waals surface area contributed by atoms with E-state index in [1.165, 1.54) is 73.0 Å². The van der Waals surface area contributed by atoms with Crippen LogP contribution in [0.4, 0.5) is 17.1 Å². The number of hydrazone groups is 1. The molecule has 0 radical (unpaired) electrons. The van der Waals surface area contributed by atoms with E-state index in [0.717, 1.165) is 6.08 Å². The lowest BCUT2D eigenvalue weighted by atomic mass is 10.1. The molecule has 0 spiro atoms. The second-order valence-corrected chi connectivity index (χ2v) is 8.68. The molecule has 0 fully saturated rings. The second kappa shape index (κ2) is 13.7. The van der Waals surface area contributed by atoms with E-state index in [-0.39, 0.29) is 28.3 Å². The van der Waals surface area contributed by atoms with E-state index in [9.17, 15) is 34.6 Å². The third kappa shape index (κ3) is 8.25. The van der Waals surface area contributed by atoms with Gasteiger partial charge in [0.05, 0.1) is 16.1 Å². The Morgan fingerprint density at radius 1 is 0.744 bits per heavy atom. The molecule has 0 unspecified atom stereocenters. The molecule has 0 bridgehead atoms. The molecule has 13 nitrogen and oxygen atoms in total. The first kappa shape index (κ1) is 29.5. The first-order valence-corrected chi connectivity index (χ1v) is 12.4. The Morgan fingerprint density at radius 2 is 1.47 bits per heavy atom. The summed E-state index contributed by atoms with van der Waals surface area (Å²) in [5.41, 5.74) is 3.62. The van der Waals surface area contributed by atoms with Crippen molar-refractivity contribution >= 4 is 47.1 Å². The van der Waals surface area contributed by atoms with Gasteiger partial charge in [-0.15, -0.1) is 0 Å². The van der Waals surface area contributed by atoms with Gasteiger partial charge in [0.25, 0.3) is 23.2 Å². The smallest absolute Gasteiger partial charge is 0.336 e. The minimum Gasteiger partial charge on any atom is -0.423 e. The Kier molecular flexibility index (Phi) is 9.41. The summed E-state index contributed by atoms with van der Waals surface area (Å²) in [6.45, 7) is 0. The molecule has 4 aromatic carbocycles. The fourth-order valence-electron chi connectivity index (χ4n) is 3.63. The van der Waals surface area contributed by atoms with Gasteiger partial charge < -0.3 is 10.1 Å². The van der Waals surface area contributed by atoms with Gasteiger partial charge in [0, 0.05) is 52.7 Å². The van der Waals surface area contributed by atoms with Crippen molar-refractivity contribution in [3.63, 3.8) is 0 Å².